The smallest absolute Gasteiger partial charge is 0.246 e. The minimum atomic E-state index is -0.134. The van der Waals surface area contributed by atoms with Gasteiger partial charge in [-0.3, -0.25) is 14.5 Å². The maximum absolute atomic E-state index is 12.5. The summed E-state index contributed by atoms with van der Waals surface area (Å²) in [4.78, 5) is 32.2. The summed E-state index contributed by atoms with van der Waals surface area (Å²) in [6.45, 7) is 1.36. The van der Waals surface area contributed by atoms with Crippen LogP contribution < -0.4 is 14.8 Å². The highest BCUT2D eigenvalue weighted by molar-refractivity contribution is 5.93. The van der Waals surface area contributed by atoms with Crippen LogP contribution in [0.25, 0.3) is 6.08 Å². The molecule has 2 aromatic rings. The zero-order chi connectivity index (χ0) is 21.7. The number of fused-ring (bicyclic) bond motifs is 1. The number of rotatable bonds is 6. The van der Waals surface area contributed by atoms with E-state index in [1.807, 2.05) is 36.2 Å². The number of amides is 2. The quantitative estimate of drug-likeness (QED) is 0.686. The number of ether oxygens (including phenoxy) is 2. The van der Waals surface area contributed by atoms with Gasteiger partial charge in [-0.15, -0.1) is 12.4 Å². The third kappa shape index (κ3) is 6.19. The summed E-state index contributed by atoms with van der Waals surface area (Å²) in [5.74, 6) is 1.62. The third-order valence-electron chi connectivity index (χ3n) is 4.76. The van der Waals surface area contributed by atoms with Crippen molar-refractivity contribution in [3.63, 3.8) is 0 Å². The number of halogens is 1. The number of likely N-dealkylation sites (N-methyl/N-ethyl adjacent to an activating group) is 2. The molecular weight excluding hydrogens is 420 g/mol. The van der Waals surface area contributed by atoms with E-state index < -0.39 is 0 Å². The second kappa shape index (κ2) is 10.8. The number of nitrogens with zero attached hydrogens (tertiary/aromatic N) is 3. The number of aromatic nitrogens is 1. The van der Waals surface area contributed by atoms with Crippen LogP contribution in [0.1, 0.15) is 16.7 Å². The van der Waals surface area contributed by atoms with Gasteiger partial charge in [0, 0.05) is 38.0 Å². The molecule has 1 aromatic heterocycles. The van der Waals surface area contributed by atoms with Gasteiger partial charge in [-0.1, -0.05) is 6.07 Å². The molecule has 0 fully saturated rings. The van der Waals surface area contributed by atoms with Crippen LogP contribution in [-0.4, -0.2) is 61.5 Å². The first-order chi connectivity index (χ1) is 14.4. The molecule has 0 saturated heterocycles. The average Bonchev–Trinajstić information content (AvgIpc) is 2.87. The molecule has 3 rings (SSSR count). The first-order valence-corrected chi connectivity index (χ1v) is 9.51. The molecule has 0 bridgehead atoms. The number of anilines is 1. The lowest BCUT2D eigenvalue weighted by atomic mass is 10.1. The van der Waals surface area contributed by atoms with E-state index in [1.165, 1.54) is 6.08 Å². The lowest BCUT2D eigenvalue weighted by Crippen LogP contribution is -2.26. The van der Waals surface area contributed by atoms with Crippen molar-refractivity contribution in [2.45, 2.75) is 13.1 Å². The molecule has 2 heterocycles. The Kier molecular flexibility index (Phi) is 8.41. The van der Waals surface area contributed by atoms with E-state index in [0.717, 1.165) is 16.7 Å². The van der Waals surface area contributed by atoms with Crippen LogP contribution >= 0.6 is 12.4 Å². The standard InChI is InChI=1S/C22H26N4O4.ClH/c1-25-13-17-9-15(11-23-22(17)24-20(27)14-25)6-8-21(28)26(2)12-16-5-7-18(29-3)19(10-16)30-4;/h5-11H,12-14H2,1-4H3,(H,23,24,27);1H/b8-6+;. The van der Waals surface area contributed by atoms with E-state index >= 15 is 0 Å². The molecule has 0 unspecified atom stereocenters. The number of benzene rings is 1. The van der Waals surface area contributed by atoms with Crippen LogP contribution in [0.2, 0.25) is 0 Å². The van der Waals surface area contributed by atoms with Gasteiger partial charge >= 0.3 is 0 Å². The van der Waals surface area contributed by atoms with Crippen molar-refractivity contribution in [2.75, 3.05) is 40.2 Å². The molecule has 9 heteroatoms. The zero-order valence-electron chi connectivity index (χ0n) is 18.0. The van der Waals surface area contributed by atoms with Crippen LogP contribution in [0.4, 0.5) is 5.82 Å². The van der Waals surface area contributed by atoms with E-state index in [9.17, 15) is 9.59 Å². The summed E-state index contributed by atoms with van der Waals surface area (Å²) in [5.41, 5.74) is 2.64. The molecule has 0 radical (unpaired) electrons. The number of methoxy groups -OCH3 is 2. The molecule has 2 amide bonds. The van der Waals surface area contributed by atoms with Gasteiger partial charge in [-0.2, -0.15) is 0 Å². The molecule has 0 atom stereocenters. The SMILES string of the molecule is COc1ccc(CN(C)C(=O)/C=C/c2cnc3c(c2)CN(C)CC(=O)N3)cc1OC.Cl. The topological polar surface area (TPSA) is 84.0 Å². The van der Waals surface area contributed by atoms with Crippen molar-refractivity contribution in [2.24, 2.45) is 0 Å². The van der Waals surface area contributed by atoms with Gasteiger partial charge in [-0.05, 0) is 42.4 Å². The molecule has 0 spiro atoms. The van der Waals surface area contributed by atoms with Crippen molar-refractivity contribution in [1.29, 1.82) is 0 Å². The maximum atomic E-state index is 12.5. The highest BCUT2D eigenvalue weighted by Gasteiger charge is 2.17. The van der Waals surface area contributed by atoms with E-state index in [0.29, 0.717) is 37.0 Å². The van der Waals surface area contributed by atoms with Crippen molar-refractivity contribution in [1.82, 2.24) is 14.8 Å². The Labute approximate surface area is 188 Å². The fourth-order valence-electron chi connectivity index (χ4n) is 3.24. The Bertz CT molecular complexity index is 980. The summed E-state index contributed by atoms with van der Waals surface area (Å²) in [6, 6.07) is 7.51. The molecule has 0 aliphatic carbocycles. The Morgan fingerprint density at radius 1 is 1.23 bits per heavy atom. The molecule has 1 aliphatic heterocycles. The van der Waals surface area contributed by atoms with Crippen molar-refractivity contribution >= 4 is 36.1 Å². The van der Waals surface area contributed by atoms with Crippen LogP contribution in [0, 0.1) is 0 Å². The molecule has 0 saturated carbocycles. The molecule has 31 heavy (non-hydrogen) atoms. The van der Waals surface area contributed by atoms with Crippen molar-refractivity contribution in [3.05, 3.63) is 53.2 Å². The van der Waals surface area contributed by atoms with Gasteiger partial charge < -0.3 is 19.7 Å². The summed E-state index contributed by atoms with van der Waals surface area (Å²) in [7, 11) is 6.78. The number of carbonyl (C=O) groups is 2. The lowest BCUT2D eigenvalue weighted by Gasteiger charge is -2.16. The second-order valence-electron chi connectivity index (χ2n) is 7.21. The summed E-state index contributed by atoms with van der Waals surface area (Å²) in [5, 5.41) is 2.80. The van der Waals surface area contributed by atoms with Gasteiger partial charge in [-0.25, -0.2) is 4.98 Å². The van der Waals surface area contributed by atoms with Crippen LogP contribution in [-0.2, 0) is 22.7 Å². The number of carbonyl (C=O) groups excluding carboxylic acids is 2. The largest absolute Gasteiger partial charge is 0.493 e. The van der Waals surface area contributed by atoms with E-state index in [2.05, 4.69) is 10.3 Å². The Hall–Kier alpha value is -3.10. The number of hydrogen-bond acceptors (Lipinski definition) is 6. The van der Waals surface area contributed by atoms with E-state index in [-0.39, 0.29) is 24.2 Å². The third-order valence-corrected chi connectivity index (χ3v) is 4.76. The first kappa shape index (κ1) is 24.2. The second-order valence-corrected chi connectivity index (χ2v) is 7.21. The predicted octanol–water partition coefficient (Wildman–Crippen LogP) is 2.58. The Morgan fingerprint density at radius 2 is 1.97 bits per heavy atom. The molecule has 166 valence electrons. The number of nitrogens with one attached hydrogen (secondary N) is 1. The van der Waals surface area contributed by atoms with Gasteiger partial charge in [0.1, 0.15) is 5.82 Å². The van der Waals surface area contributed by atoms with Gasteiger partial charge in [0.05, 0.1) is 20.8 Å². The minimum Gasteiger partial charge on any atom is -0.493 e. The van der Waals surface area contributed by atoms with E-state index in [4.69, 9.17) is 9.47 Å². The van der Waals surface area contributed by atoms with Crippen LogP contribution in [0.5, 0.6) is 11.5 Å². The summed E-state index contributed by atoms with van der Waals surface area (Å²) < 4.78 is 10.6. The number of pyridine rings is 1. The highest BCUT2D eigenvalue weighted by Crippen LogP contribution is 2.28. The molecule has 1 N–H and O–H groups in total. The van der Waals surface area contributed by atoms with E-state index in [1.54, 1.807) is 38.4 Å². The zero-order valence-corrected chi connectivity index (χ0v) is 18.9. The summed E-state index contributed by atoms with van der Waals surface area (Å²) in [6.07, 6.45) is 4.89. The molecule has 1 aliphatic rings. The predicted molar refractivity (Wildman–Crippen MR) is 122 cm³/mol. The first-order valence-electron chi connectivity index (χ1n) is 9.51. The Balaban J connectivity index is 0.00000341. The molecular formula is C22H27ClN4O4. The van der Waals surface area contributed by atoms with Crippen LogP contribution in [0.15, 0.2) is 36.5 Å². The summed E-state index contributed by atoms with van der Waals surface area (Å²) >= 11 is 0. The van der Waals surface area contributed by atoms with Gasteiger partial charge in [0.25, 0.3) is 0 Å². The normalized spacial score (nSPS) is 13.6. The van der Waals surface area contributed by atoms with Crippen LogP contribution in [0.3, 0.4) is 0 Å². The fraction of sp³-hybridized carbons (Fsp3) is 0.318. The number of hydrogen-bond donors (Lipinski definition) is 1. The maximum Gasteiger partial charge on any atom is 0.246 e. The van der Waals surface area contributed by atoms with Crippen molar-refractivity contribution < 1.29 is 19.1 Å². The van der Waals surface area contributed by atoms with Gasteiger partial charge in [0.2, 0.25) is 11.8 Å². The van der Waals surface area contributed by atoms with Crippen molar-refractivity contribution in [3.8, 4) is 11.5 Å². The highest BCUT2D eigenvalue weighted by atomic mass is 35.5. The fourth-order valence-corrected chi connectivity index (χ4v) is 3.24. The molecule has 1 aromatic carbocycles. The monoisotopic (exact) mass is 446 g/mol. The Morgan fingerprint density at radius 3 is 2.68 bits per heavy atom. The van der Waals surface area contributed by atoms with Gasteiger partial charge in [0.15, 0.2) is 11.5 Å². The minimum absolute atomic E-state index is 0. The molecule has 8 nitrogen and oxygen atoms in total. The lowest BCUT2D eigenvalue weighted by molar-refractivity contribution is -0.125. The average molecular weight is 447 g/mol.